The van der Waals surface area contributed by atoms with Gasteiger partial charge in [0.25, 0.3) is 0 Å². The lowest BCUT2D eigenvalue weighted by Gasteiger charge is -2.37. The van der Waals surface area contributed by atoms with Gasteiger partial charge < -0.3 is 14.8 Å². The summed E-state index contributed by atoms with van der Waals surface area (Å²) in [5.41, 5.74) is 4.18. The molecule has 0 spiro atoms. The van der Waals surface area contributed by atoms with Crippen LogP contribution in [-0.4, -0.2) is 24.8 Å². The van der Waals surface area contributed by atoms with E-state index < -0.39 is 5.92 Å². The second-order valence-corrected chi connectivity index (χ2v) is 8.41. The molecule has 1 aromatic rings. The normalized spacial score (nSPS) is 19.4. The second kappa shape index (κ2) is 8.84. The third kappa shape index (κ3) is 3.76. The minimum atomic E-state index is -0.395. The Bertz CT molecular complexity index is 905. The van der Waals surface area contributed by atoms with Gasteiger partial charge in [-0.25, -0.2) is 0 Å². The maximum absolute atomic E-state index is 13.0. The number of Topliss-reactive ketones (excluding diaryl/α,β-unsaturated/α-hetero) is 2. The quantitative estimate of drug-likeness (QED) is 0.670. The van der Waals surface area contributed by atoms with Crippen molar-refractivity contribution in [3.63, 3.8) is 0 Å². The van der Waals surface area contributed by atoms with E-state index in [1.54, 1.807) is 0 Å². The summed E-state index contributed by atoms with van der Waals surface area (Å²) < 4.78 is 11.7. The number of allylic oxidation sites excluding steroid dienone is 4. The predicted octanol–water partition coefficient (Wildman–Crippen LogP) is 5.23. The number of hydrogen-bond acceptors (Lipinski definition) is 5. The molecule has 2 aliphatic carbocycles. The van der Waals surface area contributed by atoms with Gasteiger partial charge >= 0.3 is 0 Å². The molecule has 1 aromatic carbocycles. The number of nitrogens with one attached hydrogen (secondary N) is 1. The van der Waals surface area contributed by atoms with E-state index in [1.807, 2.05) is 26.0 Å². The summed E-state index contributed by atoms with van der Waals surface area (Å²) in [7, 11) is 0. The highest BCUT2D eigenvalue weighted by atomic mass is 35.5. The molecule has 0 atom stereocenters. The van der Waals surface area contributed by atoms with Gasteiger partial charge in [-0.15, -0.1) is 0 Å². The first-order valence-corrected chi connectivity index (χ1v) is 11.3. The van der Waals surface area contributed by atoms with Gasteiger partial charge in [0.1, 0.15) is 0 Å². The van der Waals surface area contributed by atoms with E-state index in [9.17, 15) is 9.59 Å². The van der Waals surface area contributed by atoms with Crippen molar-refractivity contribution in [2.75, 3.05) is 13.2 Å². The third-order valence-electron chi connectivity index (χ3n) is 5.91. The molecule has 3 aliphatic rings. The van der Waals surface area contributed by atoms with Crippen LogP contribution in [0.3, 0.4) is 0 Å². The number of halogens is 1. The maximum atomic E-state index is 13.0. The van der Waals surface area contributed by atoms with Gasteiger partial charge in [-0.3, -0.25) is 9.59 Å². The average molecular weight is 430 g/mol. The molecule has 0 aromatic heterocycles. The molecule has 4 rings (SSSR count). The van der Waals surface area contributed by atoms with E-state index in [-0.39, 0.29) is 11.6 Å². The smallest absolute Gasteiger partial charge is 0.179 e. The molecule has 0 saturated carbocycles. The van der Waals surface area contributed by atoms with Crippen molar-refractivity contribution in [2.45, 2.75) is 64.7 Å². The van der Waals surface area contributed by atoms with E-state index >= 15 is 0 Å². The first kappa shape index (κ1) is 21.0. The maximum Gasteiger partial charge on any atom is 0.179 e. The van der Waals surface area contributed by atoms with Crippen LogP contribution in [0, 0.1) is 0 Å². The fourth-order valence-corrected chi connectivity index (χ4v) is 4.95. The molecule has 1 heterocycles. The fraction of sp³-hybridized carbons (Fsp3) is 0.500. The van der Waals surface area contributed by atoms with E-state index in [0.29, 0.717) is 42.6 Å². The van der Waals surface area contributed by atoms with Gasteiger partial charge in [-0.05, 0) is 56.7 Å². The highest BCUT2D eigenvalue weighted by Crippen LogP contribution is 2.48. The van der Waals surface area contributed by atoms with Crippen molar-refractivity contribution in [3.05, 3.63) is 45.3 Å². The zero-order valence-corrected chi connectivity index (χ0v) is 18.4. The van der Waals surface area contributed by atoms with Gasteiger partial charge in [0.2, 0.25) is 0 Å². The topological polar surface area (TPSA) is 64.6 Å². The lowest BCUT2D eigenvalue weighted by Crippen LogP contribution is -2.36. The molecule has 1 aliphatic heterocycles. The first-order valence-electron chi connectivity index (χ1n) is 10.9. The van der Waals surface area contributed by atoms with Gasteiger partial charge in [0, 0.05) is 41.3 Å². The van der Waals surface area contributed by atoms with Crippen molar-refractivity contribution in [1.82, 2.24) is 5.32 Å². The first-order chi connectivity index (χ1) is 14.5. The number of dihydropyridines is 1. The molecule has 160 valence electrons. The molecule has 5 nitrogen and oxygen atoms in total. The number of ether oxygens (including phenoxy) is 2. The Kier molecular flexibility index (Phi) is 6.19. The summed E-state index contributed by atoms with van der Waals surface area (Å²) in [6.07, 6.45) is 5.20. The molecular formula is C24H28ClNO4. The van der Waals surface area contributed by atoms with Crippen LogP contribution in [0.5, 0.6) is 11.5 Å². The minimum absolute atomic E-state index is 0.110. The third-order valence-corrected chi connectivity index (χ3v) is 6.19. The predicted molar refractivity (Wildman–Crippen MR) is 116 cm³/mol. The van der Waals surface area contributed by atoms with E-state index in [2.05, 4.69) is 5.32 Å². The monoisotopic (exact) mass is 429 g/mol. The highest BCUT2D eigenvalue weighted by Gasteiger charge is 2.40. The van der Waals surface area contributed by atoms with Crippen LogP contribution in [0.4, 0.5) is 0 Å². The largest absolute Gasteiger partial charge is 0.490 e. The van der Waals surface area contributed by atoms with Crippen LogP contribution in [-0.2, 0) is 9.59 Å². The summed E-state index contributed by atoms with van der Waals surface area (Å²) in [5, 5.41) is 3.88. The molecule has 6 heteroatoms. The fourth-order valence-electron chi connectivity index (χ4n) is 4.68. The van der Waals surface area contributed by atoms with Crippen molar-refractivity contribution in [3.8, 4) is 11.5 Å². The van der Waals surface area contributed by atoms with Gasteiger partial charge in [0.15, 0.2) is 23.1 Å². The Balaban J connectivity index is 1.87. The Labute approximate surface area is 182 Å². The van der Waals surface area contributed by atoms with Crippen molar-refractivity contribution in [1.29, 1.82) is 0 Å². The summed E-state index contributed by atoms with van der Waals surface area (Å²) in [4.78, 5) is 26.0. The molecule has 1 N–H and O–H groups in total. The minimum Gasteiger partial charge on any atom is -0.490 e. The van der Waals surface area contributed by atoms with E-state index in [1.165, 1.54) is 0 Å². The molecule has 0 bridgehead atoms. The summed E-state index contributed by atoms with van der Waals surface area (Å²) in [6, 6.07) is 3.74. The summed E-state index contributed by atoms with van der Waals surface area (Å²) in [5.74, 6) is 0.904. The number of rotatable bonds is 6. The zero-order chi connectivity index (χ0) is 21.3. The molecule has 0 radical (unpaired) electrons. The van der Waals surface area contributed by atoms with Crippen LogP contribution < -0.4 is 14.8 Å². The number of hydrogen-bond donors (Lipinski definition) is 1. The number of benzene rings is 1. The van der Waals surface area contributed by atoms with Gasteiger partial charge in [-0.1, -0.05) is 18.5 Å². The Morgan fingerprint density at radius 3 is 2.17 bits per heavy atom. The number of carbonyl (C=O) groups excluding carboxylic acids is 2. The molecule has 0 saturated heterocycles. The SMILES string of the molecule is CCCOc1c(Cl)cc(C2C3=C(CCCC3=O)NC3=C2C(=O)CCC3)cc1OCC. The van der Waals surface area contributed by atoms with Crippen LogP contribution >= 0.6 is 11.6 Å². The Hall–Kier alpha value is -2.27. The lowest BCUT2D eigenvalue weighted by atomic mass is 9.71. The van der Waals surface area contributed by atoms with Crippen molar-refractivity contribution < 1.29 is 19.1 Å². The van der Waals surface area contributed by atoms with Crippen molar-refractivity contribution >= 4 is 23.2 Å². The molecule has 0 amide bonds. The van der Waals surface area contributed by atoms with Crippen LogP contribution in [0.1, 0.15) is 70.3 Å². The highest BCUT2D eigenvalue weighted by molar-refractivity contribution is 6.32. The molecule has 0 fully saturated rings. The zero-order valence-electron chi connectivity index (χ0n) is 17.6. The molecular weight excluding hydrogens is 402 g/mol. The summed E-state index contributed by atoms with van der Waals surface area (Å²) >= 11 is 6.63. The Morgan fingerprint density at radius 1 is 0.967 bits per heavy atom. The van der Waals surface area contributed by atoms with E-state index in [0.717, 1.165) is 60.2 Å². The molecule has 30 heavy (non-hydrogen) atoms. The average Bonchev–Trinajstić information content (AvgIpc) is 2.72. The number of ketones is 2. The van der Waals surface area contributed by atoms with E-state index in [4.69, 9.17) is 21.1 Å². The lowest BCUT2D eigenvalue weighted by molar-refractivity contribution is -0.116. The van der Waals surface area contributed by atoms with Crippen molar-refractivity contribution in [2.24, 2.45) is 0 Å². The molecule has 0 unspecified atom stereocenters. The number of carbonyl (C=O) groups is 2. The van der Waals surface area contributed by atoms with Crippen LogP contribution in [0.15, 0.2) is 34.7 Å². The summed E-state index contributed by atoms with van der Waals surface area (Å²) in [6.45, 7) is 4.94. The van der Waals surface area contributed by atoms with Gasteiger partial charge in [-0.2, -0.15) is 0 Å². The standard InChI is InChI=1S/C24H28ClNO4/c1-3-11-30-24-15(25)12-14(13-20(24)29-4-2)21-22-16(7-5-9-18(22)27)26-17-8-6-10-19(28)23(17)21/h12-13,21,26H,3-11H2,1-2H3. The second-order valence-electron chi connectivity index (χ2n) is 8.01. The Morgan fingerprint density at radius 2 is 1.60 bits per heavy atom. The van der Waals surface area contributed by atoms with Crippen LogP contribution in [0.2, 0.25) is 5.02 Å². The van der Waals surface area contributed by atoms with Gasteiger partial charge in [0.05, 0.1) is 18.2 Å². The van der Waals surface area contributed by atoms with Crippen LogP contribution in [0.25, 0.3) is 0 Å².